The monoisotopic (exact) mass is 147 g/mol. The van der Waals surface area contributed by atoms with Crippen molar-refractivity contribution in [2.45, 2.75) is 24.0 Å². The number of rotatable bonds is 1. The fraction of sp³-hybridized carbons (Fsp3) is 1.00. The van der Waals surface area contributed by atoms with Gasteiger partial charge in [-0.2, -0.15) is 0 Å². The number of aliphatic hydroxyl groups is 1. The molecule has 54 valence electrons. The maximum absolute atomic E-state index is 9.11. The van der Waals surface area contributed by atoms with Crippen molar-refractivity contribution in [1.29, 1.82) is 0 Å². The molecule has 9 heavy (non-hydrogen) atoms. The highest BCUT2D eigenvalue weighted by molar-refractivity contribution is 8.00. The molecule has 1 aliphatic rings. The highest BCUT2D eigenvalue weighted by Crippen LogP contribution is 2.20. The molecule has 1 aliphatic heterocycles. The zero-order chi connectivity index (χ0) is 6.69. The largest absolute Gasteiger partial charge is 0.381 e. The van der Waals surface area contributed by atoms with Crippen LogP contribution >= 0.6 is 11.8 Å². The zero-order valence-corrected chi connectivity index (χ0v) is 6.45. The molecule has 0 aromatic heterocycles. The first-order valence-electron chi connectivity index (χ1n) is 3.37. The summed E-state index contributed by atoms with van der Waals surface area (Å²) in [5, 5.41) is 12.9. The van der Waals surface area contributed by atoms with Crippen molar-refractivity contribution in [1.82, 2.24) is 5.32 Å². The number of nitrogens with one attached hydrogen (secondary N) is 1. The molecule has 2 atom stereocenters. The van der Waals surface area contributed by atoms with E-state index in [2.05, 4.69) is 12.2 Å². The minimum atomic E-state index is -0.177. The molecule has 1 rings (SSSR count). The third kappa shape index (κ3) is 2.16. The SMILES string of the molecule is CCC1CNCC(O)S1. The molecule has 1 saturated heterocycles. The molecule has 1 fully saturated rings. The van der Waals surface area contributed by atoms with Crippen molar-refractivity contribution in [3.63, 3.8) is 0 Å². The van der Waals surface area contributed by atoms with Gasteiger partial charge in [0, 0.05) is 18.3 Å². The van der Waals surface area contributed by atoms with Crippen molar-refractivity contribution < 1.29 is 5.11 Å². The third-order valence-electron chi connectivity index (χ3n) is 1.50. The van der Waals surface area contributed by atoms with Crippen LogP contribution in [0.25, 0.3) is 0 Å². The molecule has 0 amide bonds. The molecule has 2 unspecified atom stereocenters. The topological polar surface area (TPSA) is 32.3 Å². The quantitative estimate of drug-likeness (QED) is 0.564. The Morgan fingerprint density at radius 2 is 2.44 bits per heavy atom. The molecule has 2 nitrogen and oxygen atoms in total. The Labute approximate surface area is 60.0 Å². The molecule has 0 saturated carbocycles. The Balaban J connectivity index is 2.23. The first kappa shape index (κ1) is 7.38. The summed E-state index contributed by atoms with van der Waals surface area (Å²) in [5.74, 6) is 0. The molecule has 0 aromatic carbocycles. The number of hydrogen-bond donors (Lipinski definition) is 2. The molecular formula is C6H13NOS. The Morgan fingerprint density at radius 3 is 2.89 bits per heavy atom. The van der Waals surface area contributed by atoms with E-state index in [1.807, 2.05) is 0 Å². The average Bonchev–Trinajstić information content (AvgIpc) is 1.88. The lowest BCUT2D eigenvalue weighted by Crippen LogP contribution is -2.37. The Hall–Kier alpha value is 0.270. The van der Waals surface area contributed by atoms with Gasteiger partial charge in [0.05, 0.1) is 0 Å². The lowest BCUT2D eigenvalue weighted by Gasteiger charge is -2.25. The van der Waals surface area contributed by atoms with Gasteiger partial charge in [0.2, 0.25) is 0 Å². The van der Waals surface area contributed by atoms with E-state index < -0.39 is 0 Å². The second kappa shape index (κ2) is 3.44. The van der Waals surface area contributed by atoms with Crippen LogP contribution in [-0.4, -0.2) is 28.9 Å². The number of aliphatic hydroxyl groups excluding tert-OH is 1. The highest BCUT2D eigenvalue weighted by Gasteiger charge is 2.17. The van der Waals surface area contributed by atoms with Crippen LogP contribution in [0.1, 0.15) is 13.3 Å². The van der Waals surface area contributed by atoms with E-state index >= 15 is 0 Å². The van der Waals surface area contributed by atoms with Crippen molar-refractivity contribution in [2.75, 3.05) is 13.1 Å². The number of hydrogen-bond acceptors (Lipinski definition) is 3. The van der Waals surface area contributed by atoms with E-state index in [-0.39, 0.29) is 5.44 Å². The van der Waals surface area contributed by atoms with Gasteiger partial charge in [0.25, 0.3) is 0 Å². The molecule has 0 aliphatic carbocycles. The van der Waals surface area contributed by atoms with Gasteiger partial charge in [-0.1, -0.05) is 6.92 Å². The summed E-state index contributed by atoms with van der Waals surface area (Å²) in [5.41, 5.74) is -0.177. The summed E-state index contributed by atoms with van der Waals surface area (Å²) < 4.78 is 0. The fourth-order valence-electron chi connectivity index (χ4n) is 0.927. The Morgan fingerprint density at radius 1 is 1.67 bits per heavy atom. The third-order valence-corrected chi connectivity index (χ3v) is 2.86. The van der Waals surface area contributed by atoms with Gasteiger partial charge in [-0.05, 0) is 6.42 Å². The van der Waals surface area contributed by atoms with E-state index in [1.54, 1.807) is 11.8 Å². The average molecular weight is 147 g/mol. The molecule has 1 heterocycles. The van der Waals surface area contributed by atoms with Crippen molar-refractivity contribution in [3.8, 4) is 0 Å². The molecule has 0 aromatic rings. The van der Waals surface area contributed by atoms with Gasteiger partial charge in [-0.15, -0.1) is 11.8 Å². The van der Waals surface area contributed by atoms with Crippen LogP contribution in [0.4, 0.5) is 0 Å². The summed E-state index contributed by atoms with van der Waals surface area (Å²) >= 11 is 1.68. The van der Waals surface area contributed by atoms with Gasteiger partial charge in [0.15, 0.2) is 0 Å². The Kier molecular flexibility index (Phi) is 2.82. The second-order valence-electron chi connectivity index (χ2n) is 2.28. The van der Waals surface area contributed by atoms with Crippen molar-refractivity contribution in [2.24, 2.45) is 0 Å². The lowest BCUT2D eigenvalue weighted by atomic mass is 10.3. The van der Waals surface area contributed by atoms with E-state index in [0.29, 0.717) is 5.25 Å². The van der Waals surface area contributed by atoms with Crippen LogP contribution < -0.4 is 5.32 Å². The van der Waals surface area contributed by atoms with Crippen molar-refractivity contribution >= 4 is 11.8 Å². The lowest BCUT2D eigenvalue weighted by molar-refractivity contribution is 0.250. The summed E-state index contributed by atoms with van der Waals surface area (Å²) in [7, 11) is 0. The van der Waals surface area contributed by atoms with Gasteiger partial charge >= 0.3 is 0 Å². The van der Waals surface area contributed by atoms with Crippen LogP contribution in [0.2, 0.25) is 0 Å². The van der Waals surface area contributed by atoms with Crippen LogP contribution in [-0.2, 0) is 0 Å². The van der Waals surface area contributed by atoms with E-state index in [0.717, 1.165) is 19.5 Å². The van der Waals surface area contributed by atoms with Crippen LogP contribution in [0, 0.1) is 0 Å². The Bertz CT molecular complexity index is 89.1. The van der Waals surface area contributed by atoms with E-state index in [1.165, 1.54) is 0 Å². The predicted octanol–water partition coefficient (Wildman–Crippen LogP) is 0.420. The predicted molar refractivity (Wildman–Crippen MR) is 40.5 cm³/mol. The summed E-state index contributed by atoms with van der Waals surface area (Å²) in [4.78, 5) is 0. The normalized spacial score (nSPS) is 36.7. The molecule has 2 N–H and O–H groups in total. The van der Waals surface area contributed by atoms with Crippen LogP contribution in [0.3, 0.4) is 0 Å². The molecule has 3 heteroatoms. The van der Waals surface area contributed by atoms with Crippen LogP contribution in [0.5, 0.6) is 0 Å². The highest BCUT2D eigenvalue weighted by atomic mass is 32.2. The smallest absolute Gasteiger partial charge is 0.112 e. The first-order chi connectivity index (χ1) is 4.33. The fourth-order valence-corrected chi connectivity index (χ4v) is 1.99. The number of β-amino-alcohol motifs (C(OH)–C–C–N with tert-alkyl or cyclic N) is 1. The summed E-state index contributed by atoms with van der Waals surface area (Å²) in [6, 6.07) is 0. The van der Waals surface area contributed by atoms with Gasteiger partial charge < -0.3 is 10.4 Å². The standard InChI is InChI=1S/C6H13NOS/c1-2-5-3-7-4-6(8)9-5/h5-8H,2-4H2,1H3. The molecule has 0 radical (unpaired) electrons. The van der Waals surface area contributed by atoms with E-state index in [9.17, 15) is 0 Å². The molecule has 0 spiro atoms. The van der Waals surface area contributed by atoms with Gasteiger partial charge in [-0.3, -0.25) is 0 Å². The minimum Gasteiger partial charge on any atom is -0.381 e. The van der Waals surface area contributed by atoms with Gasteiger partial charge in [-0.25, -0.2) is 0 Å². The van der Waals surface area contributed by atoms with E-state index in [4.69, 9.17) is 5.11 Å². The summed E-state index contributed by atoms with van der Waals surface area (Å²) in [6.07, 6.45) is 1.15. The minimum absolute atomic E-state index is 0.177. The summed E-state index contributed by atoms with van der Waals surface area (Å²) in [6.45, 7) is 3.96. The maximum atomic E-state index is 9.11. The first-order valence-corrected chi connectivity index (χ1v) is 4.31. The maximum Gasteiger partial charge on any atom is 0.112 e. The molecule has 0 bridgehead atoms. The van der Waals surface area contributed by atoms with Gasteiger partial charge in [0.1, 0.15) is 5.44 Å². The second-order valence-corrected chi connectivity index (χ2v) is 3.76. The number of thioether (sulfide) groups is 1. The zero-order valence-electron chi connectivity index (χ0n) is 5.63. The van der Waals surface area contributed by atoms with Crippen molar-refractivity contribution in [3.05, 3.63) is 0 Å². The molecular weight excluding hydrogens is 134 g/mol. The van der Waals surface area contributed by atoms with Crippen LogP contribution in [0.15, 0.2) is 0 Å².